The topological polar surface area (TPSA) is 57.4 Å². The lowest BCUT2D eigenvalue weighted by atomic mass is 10.3. The highest BCUT2D eigenvalue weighted by Crippen LogP contribution is 2.36. The molecule has 0 unspecified atom stereocenters. The largest absolute Gasteiger partial charge is 0.483 e. The monoisotopic (exact) mass is 248 g/mol. The van der Waals surface area contributed by atoms with E-state index in [2.05, 4.69) is 10.7 Å². The molecule has 0 saturated carbocycles. The zero-order valence-corrected chi connectivity index (χ0v) is 9.89. The molecule has 4 nitrogen and oxygen atoms in total. The van der Waals surface area contributed by atoms with Crippen molar-refractivity contribution in [3.05, 3.63) is 48.0 Å². The van der Waals surface area contributed by atoms with Crippen LogP contribution in [0.15, 0.2) is 36.5 Å². The number of nitrogens with two attached hydrogens (primary N) is 1. The van der Waals surface area contributed by atoms with Crippen LogP contribution in [0.3, 0.4) is 0 Å². The summed E-state index contributed by atoms with van der Waals surface area (Å²) in [6.45, 7) is 0.328. The summed E-state index contributed by atoms with van der Waals surface area (Å²) in [5.41, 5.74) is 5.21. The Morgan fingerprint density at radius 3 is 2.83 bits per heavy atom. The third-order valence-corrected chi connectivity index (χ3v) is 2.34. The lowest BCUT2D eigenvalue weighted by molar-refractivity contribution is 0.302. The van der Waals surface area contributed by atoms with E-state index in [9.17, 15) is 4.39 Å². The number of rotatable bonds is 0. The van der Waals surface area contributed by atoms with Gasteiger partial charge in [-0.25, -0.2) is 4.39 Å². The van der Waals surface area contributed by atoms with Crippen LogP contribution in [0.4, 0.5) is 4.39 Å². The molecule has 0 saturated heterocycles. The van der Waals surface area contributed by atoms with E-state index in [1.54, 1.807) is 24.4 Å². The number of ether oxygens (including phenoxy) is 2. The maximum absolute atomic E-state index is 13.1. The molecule has 5 heteroatoms. The van der Waals surface area contributed by atoms with Gasteiger partial charge in [0.15, 0.2) is 17.2 Å². The number of halogens is 1. The Balaban J connectivity index is 0.000000574. The van der Waals surface area contributed by atoms with Crippen LogP contribution in [0.1, 0.15) is 5.69 Å². The van der Waals surface area contributed by atoms with Crippen molar-refractivity contribution < 1.29 is 13.9 Å². The van der Waals surface area contributed by atoms with Crippen molar-refractivity contribution in [3.8, 4) is 17.2 Å². The maximum Gasteiger partial charge on any atom is 0.172 e. The summed E-state index contributed by atoms with van der Waals surface area (Å²) in [4.78, 5) is 4.14. The Labute approximate surface area is 104 Å². The second-order valence-corrected chi connectivity index (χ2v) is 3.43. The van der Waals surface area contributed by atoms with Crippen molar-refractivity contribution in [2.24, 2.45) is 5.73 Å². The molecule has 0 fully saturated rings. The number of fused-ring (bicyclic) bond motifs is 2. The quantitative estimate of drug-likeness (QED) is 0.778. The minimum absolute atomic E-state index is 0.328. The second kappa shape index (κ2) is 5.46. The molecule has 2 N–H and O–H groups in total. The highest BCUT2D eigenvalue weighted by Gasteiger charge is 2.16. The summed E-state index contributed by atoms with van der Waals surface area (Å²) in [5, 5.41) is 0. The molecule has 0 amide bonds. The van der Waals surface area contributed by atoms with Gasteiger partial charge in [0.2, 0.25) is 0 Å². The van der Waals surface area contributed by atoms with E-state index in [1.807, 2.05) is 0 Å². The highest BCUT2D eigenvalue weighted by atomic mass is 19.1. The Bertz CT molecular complexity index is 546. The number of aromatic nitrogens is 1. The Kier molecular flexibility index (Phi) is 3.74. The summed E-state index contributed by atoms with van der Waals surface area (Å²) in [6.07, 6.45) is 1.67. The van der Waals surface area contributed by atoms with Gasteiger partial charge in [-0.1, -0.05) is 0 Å². The third kappa shape index (κ3) is 2.41. The van der Waals surface area contributed by atoms with E-state index in [1.165, 1.54) is 19.2 Å². The van der Waals surface area contributed by atoms with Crippen LogP contribution in [0.25, 0.3) is 0 Å². The van der Waals surface area contributed by atoms with E-state index in [4.69, 9.17) is 9.47 Å². The van der Waals surface area contributed by atoms with Gasteiger partial charge in [0.1, 0.15) is 18.1 Å². The molecular weight excluding hydrogens is 235 g/mol. The molecule has 0 radical (unpaired) electrons. The Hall–Kier alpha value is -2.14. The van der Waals surface area contributed by atoms with E-state index < -0.39 is 0 Å². The first-order valence-corrected chi connectivity index (χ1v) is 5.45. The van der Waals surface area contributed by atoms with Crippen LogP contribution in [-0.4, -0.2) is 12.0 Å². The number of hydrogen-bond acceptors (Lipinski definition) is 4. The number of hydrogen-bond donors (Lipinski definition) is 1. The van der Waals surface area contributed by atoms with Crippen molar-refractivity contribution in [1.29, 1.82) is 0 Å². The number of nitrogens with zero attached hydrogens (tertiary/aromatic N) is 1. The molecule has 1 aromatic heterocycles. The highest BCUT2D eigenvalue weighted by molar-refractivity contribution is 5.45. The maximum atomic E-state index is 13.1. The number of benzene rings is 1. The molecular formula is C13H13FN2O2. The van der Waals surface area contributed by atoms with Crippen molar-refractivity contribution in [2.75, 3.05) is 7.05 Å². The fourth-order valence-electron chi connectivity index (χ4n) is 1.57. The van der Waals surface area contributed by atoms with Gasteiger partial charge in [0.05, 0.1) is 0 Å². The fraction of sp³-hybridized carbons (Fsp3) is 0.154. The van der Waals surface area contributed by atoms with Gasteiger partial charge < -0.3 is 15.2 Å². The van der Waals surface area contributed by atoms with Crippen LogP contribution in [0.5, 0.6) is 17.2 Å². The SMILES string of the molecule is CN.Fc1ccc2c(c1)Oc1cccnc1CO2. The molecule has 0 aliphatic carbocycles. The first kappa shape index (κ1) is 12.3. The predicted octanol–water partition coefficient (Wildman–Crippen LogP) is 2.48. The van der Waals surface area contributed by atoms with Crippen molar-refractivity contribution in [1.82, 2.24) is 4.98 Å². The minimum Gasteiger partial charge on any atom is -0.483 e. The molecule has 2 aromatic rings. The van der Waals surface area contributed by atoms with E-state index in [-0.39, 0.29) is 5.82 Å². The summed E-state index contributed by atoms with van der Waals surface area (Å²) < 4.78 is 24.1. The molecule has 1 aliphatic heterocycles. The summed E-state index contributed by atoms with van der Waals surface area (Å²) in [5.74, 6) is 1.16. The van der Waals surface area contributed by atoms with Crippen LogP contribution < -0.4 is 15.2 Å². The average molecular weight is 248 g/mol. The van der Waals surface area contributed by atoms with Crippen molar-refractivity contribution >= 4 is 0 Å². The van der Waals surface area contributed by atoms with Crippen LogP contribution in [0, 0.1) is 5.82 Å². The van der Waals surface area contributed by atoms with Gasteiger partial charge in [0, 0.05) is 12.3 Å². The van der Waals surface area contributed by atoms with E-state index in [0.29, 0.717) is 29.5 Å². The average Bonchev–Trinajstić information content (AvgIpc) is 2.59. The van der Waals surface area contributed by atoms with Gasteiger partial charge >= 0.3 is 0 Å². The zero-order chi connectivity index (χ0) is 13.0. The van der Waals surface area contributed by atoms with E-state index in [0.717, 1.165) is 0 Å². The van der Waals surface area contributed by atoms with Gasteiger partial charge in [-0.05, 0) is 31.3 Å². The van der Waals surface area contributed by atoms with Crippen LogP contribution >= 0.6 is 0 Å². The molecule has 0 bridgehead atoms. The molecule has 18 heavy (non-hydrogen) atoms. The summed E-state index contributed by atoms with van der Waals surface area (Å²) in [7, 11) is 1.50. The molecule has 1 aliphatic rings. The van der Waals surface area contributed by atoms with Gasteiger partial charge in [-0.3, -0.25) is 4.98 Å². The van der Waals surface area contributed by atoms with Crippen molar-refractivity contribution in [3.63, 3.8) is 0 Å². The van der Waals surface area contributed by atoms with Crippen LogP contribution in [0.2, 0.25) is 0 Å². The molecule has 0 atom stereocenters. The molecule has 0 spiro atoms. The molecule has 3 rings (SSSR count). The summed E-state index contributed by atoms with van der Waals surface area (Å²) >= 11 is 0. The molecule has 2 heterocycles. The predicted molar refractivity (Wildman–Crippen MR) is 65.2 cm³/mol. The minimum atomic E-state index is -0.352. The standard InChI is InChI=1S/C12H8FNO2.CH5N/c13-8-3-4-11-12(6-8)16-10-2-1-5-14-9(10)7-15-11;1-2/h1-6H,7H2;2H2,1H3. The fourth-order valence-corrected chi connectivity index (χ4v) is 1.57. The van der Waals surface area contributed by atoms with Gasteiger partial charge in [0.25, 0.3) is 0 Å². The first-order chi connectivity index (χ1) is 8.83. The zero-order valence-electron chi connectivity index (χ0n) is 9.89. The van der Waals surface area contributed by atoms with E-state index >= 15 is 0 Å². The normalized spacial score (nSPS) is 11.7. The molecule has 1 aromatic carbocycles. The summed E-state index contributed by atoms with van der Waals surface area (Å²) in [6, 6.07) is 7.74. The Morgan fingerprint density at radius 2 is 2.00 bits per heavy atom. The van der Waals surface area contributed by atoms with Gasteiger partial charge in [-0.15, -0.1) is 0 Å². The van der Waals surface area contributed by atoms with Gasteiger partial charge in [-0.2, -0.15) is 0 Å². The Morgan fingerprint density at radius 1 is 1.17 bits per heavy atom. The van der Waals surface area contributed by atoms with Crippen molar-refractivity contribution in [2.45, 2.75) is 6.61 Å². The first-order valence-electron chi connectivity index (χ1n) is 5.45. The number of pyridine rings is 1. The smallest absolute Gasteiger partial charge is 0.172 e. The lowest BCUT2D eigenvalue weighted by Gasteiger charge is -2.06. The third-order valence-electron chi connectivity index (χ3n) is 2.34. The van der Waals surface area contributed by atoms with Crippen LogP contribution in [-0.2, 0) is 6.61 Å². The lowest BCUT2D eigenvalue weighted by Crippen LogP contribution is -1.95. The molecule has 94 valence electrons. The second-order valence-electron chi connectivity index (χ2n) is 3.43.